The van der Waals surface area contributed by atoms with Gasteiger partial charge in [-0.25, -0.2) is 14.4 Å². The van der Waals surface area contributed by atoms with Crippen molar-refractivity contribution in [1.29, 1.82) is 0 Å². The van der Waals surface area contributed by atoms with Gasteiger partial charge < -0.3 is 0 Å². The molecular weight excluding hydrogens is 287 g/mol. The minimum atomic E-state index is -0.344. The van der Waals surface area contributed by atoms with Crippen molar-refractivity contribution < 1.29 is 9.18 Å². The third kappa shape index (κ3) is 2.55. The second-order valence-corrected chi connectivity index (χ2v) is 4.35. The lowest BCUT2D eigenvalue weighted by Crippen LogP contribution is -1.97. The number of hydrogen-bond donors (Lipinski definition) is 0. The maximum atomic E-state index is 13.0. The summed E-state index contributed by atoms with van der Waals surface area (Å²) >= 11 is 3.25. The van der Waals surface area contributed by atoms with Crippen LogP contribution in [0.4, 0.5) is 4.39 Å². The van der Waals surface area contributed by atoms with Gasteiger partial charge in [0.25, 0.3) is 0 Å². The summed E-state index contributed by atoms with van der Waals surface area (Å²) in [7, 11) is 0. The fraction of sp³-hybridized carbons (Fsp3) is 0.0833. The second kappa shape index (κ2) is 4.71. The van der Waals surface area contributed by atoms with Gasteiger partial charge in [-0.1, -0.05) is 0 Å². The van der Waals surface area contributed by atoms with Crippen LogP contribution in [0.25, 0.3) is 11.4 Å². The summed E-state index contributed by atoms with van der Waals surface area (Å²) in [5, 5.41) is 0. The summed E-state index contributed by atoms with van der Waals surface area (Å²) < 4.78 is 13.5. The summed E-state index contributed by atoms with van der Waals surface area (Å²) in [5.41, 5.74) is 1.65. The molecule has 0 bridgehead atoms. The molecule has 2 rings (SSSR count). The molecule has 3 nitrogen and oxygen atoms in total. The van der Waals surface area contributed by atoms with E-state index in [9.17, 15) is 9.18 Å². The molecule has 1 aromatic heterocycles. The molecule has 0 atom stereocenters. The van der Waals surface area contributed by atoms with Crippen molar-refractivity contribution >= 4 is 22.2 Å². The van der Waals surface area contributed by atoms with E-state index >= 15 is 0 Å². The van der Waals surface area contributed by atoms with E-state index in [-0.39, 0.29) is 5.82 Å². The van der Waals surface area contributed by atoms with Crippen molar-refractivity contribution in [3.05, 3.63) is 45.9 Å². The number of aromatic nitrogens is 2. The summed E-state index contributed by atoms with van der Waals surface area (Å²) in [4.78, 5) is 19.0. The Morgan fingerprint density at radius 3 is 2.71 bits per heavy atom. The van der Waals surface area contributed by atoms with Crippen LogP contribution in [0.5, 0.6) is 0 Å². The molecule has 17 heavy (non-hydrogen) atoms. The van der Waals surface area contributed by atoms with Gasteiger partial charge in [0.15, 0.2) is 12.1 Å². The third-order valence-electron chi connectivity index (χ3n) is 2.17. The van der Waals surface area contributed by atoms with Crippen LogP contribution in [-0.2, 0) is 0 Å². The molecule has 0 unspecified atom stereocenters. The van der Waals surface area contributed by atoms with Crippen LogP contribution in [-0.4, -0.2) is 16.3 Å². The van der Waals surface area contributed by atoms with Crippen LogP contribution >= 0.6 is 15.9 Å². The van der Waals surface area contributed by atoms with Crippen LogP contribution < -0.4 is 0 Å². The molecule has 0 saturated heterocycles. The van der Waals surface area contributed by atoms with E-state index in [0.717, 1.165) is 0 Å². The van der Waals surface area contributed by atoms with Crippen molar-refractivity contribution in [2.75, 3.05) is 0 Å². The fourth-order valence-electron chi connectivity index (χ4n) is 1.44. The summed E-state index contributed by atoms with van der Waals surface area (Å²) in [6.07, 6.45) is 0.662. The van der Waals surface area contributed by atoms with Crippen LogP contribution in [0, 0.1) is 12.7 Å². The van der Waals surface area contributed by atoms with Gasteiger partial charge in [-0.15, -0.1) is 0 Å². The number of aryl methyl sites for hydroxylation is 1. The van der Waals surface area contributed by atoms with Crippen molar-refractivity contribution in [2.24, 2.45) is 0 Å². The highest BCUT2D eigenvalue weighted by Crippen LogP contribution is 2.26. The van der Waals surface area contributed by atoms with Gasteiger partial charge in [-0.2, -0.15) is 0 Å². The Labute approximate surface area is 106 Å². The molecule has 0 fully saturated rings. The van der Waals surface area contributed by atoms with E-state index in [1.54, 1.807) is 19.1 Å². The Hall–Kier alpha value is -1.62. The molecule has 5 heteroatoms. The lowest BCUT2D eigenvalue weighted by molar-refractivity contribution is 0.111. The van der Waals surface area contributed by atoms with Gasteiger partial charge in [0, 0.05) is 15.7 Å². The standard InChI is InChI=1S/C12H8BrFN2O/c1-7-4-9(6-17)16-12(15-7)10-3-2-8(14)5-11(10)13/h2-6H,1H3. The third-order valence-corrected chi connectivity index (χ3v) is 2.82. The molecule has 0 N–H and O–H groups in total. The number of halogens is 2. The molecule has 0 spiro atoms. The van der Waals surface area contributed by atoms with Crippen LogP contribution in [0.15, 0.2) is 28.7 Å². The topological polar surface area (TPSA) is 42.9 Å². The summed E-state index contributed by atoms with van der Waals surface area (Å²) in [6.45, 7) is 1.77. The highest BCUT2D eigenvalue weighted by Gasteiger charge is 2.09. The van der Waals surface area contributed by atoms with Crippen molar-refractivity contribution in [1.82, 2.24) is 9.97 Å². The SMILES string of the molecule is Cc1cc(C=O)nc(-c2ccc(F)cc2Br)n1. The Balaban J connectivity index is 2.59. The molecule has 0 aliphatic carbocycles. The lowest BCUT2D eigenvalue weighted by Gasteiger charge is -2.05. The van der Waals surface area contributed by atoms with E-state index in [0.29, 0.717) is 33.5 Å². The van der Waals surface area contributed by atoms with E-state index in [1.807, 2.05) is 0 Å². The number of carbonyl (C=O) groups is 1. The average Bonchev–Trinajstić information content (AvgIpc) is 2.28. The maximum Gasteiger partial charge on any atom is 0.168 e. The molecule has 1 aromatic carbocycles. The van der Waals surface area contributed by atoms with Gasteiger partial charge in [0.2, 0.25) is 0 Å². The zero-order chi connectivity index (χ0) is 12.4. The first kappa shape index (κ1) is 11.9. The molecule has 1 heterocycles. The quantitative estimate of drug-likeness (QED) is 0.799. The number of carbonyl (C=O) groups excluding carboxylic acids is 1. The number of rotatable bonds is 2. The van der Waals surface area contributed by atoms with Crippen LogP contribution in [0.3, 0.4) is 0 Å². The first-order valence-corrected chi connectivity index (χ1v) is 5.66. The van der Waals surface area contributed by atoms with Crippen LogP contribution in [0.1, 0.15) is 16.2 Å². The first-order chi connectivity index (χ1) is 8.10. The van der Waals surface area contributed by atoms with Crippen molar-refractivity contribution in [2.45, 2.75) is 6.92 Å². The molecular formula is C12H8BrFN2O. The fourth-order valence-corrected chi connectivity index (χ4v) is 1.97. The predicted molar refractivity (Wildman–Crippen MR) is 65.3 cm³/mol. The smallest absolute Gasteiger partial charge is 0.168 e. The summed E-state index contributed by atoms with van der Waals surface area (Å²) in [5.74, 6) is 0.0582. The Morgan fingerprint density at radius 2 is 2.06 bits per heavy atom. The maximum absolute atomic E-state index is 13.0. The molecule has 0 radical (unpaired) electrons. The number of benzene rings is 1. The van der Waals surface area contributed by atoms with E-state index in [2.05, 4.69) is 25.9 Å². The first-order valence-electron chi connectivity index (χ1n) is 4.86. The largest absolute Gasteiger partial charge is 0.296 e. The molecule has 0 aliphatic heterocycles. The normalized spacial score (nSPS) is 10.3. The molecule has 0 amide bonds. The van der Waals surface area contributed by atoms with E-state index in [1.165, 1.54) is 12.1 Å². The average molecular weight is 295 g/mol. The van der Waals surface area contributed by atoms with E-state index in [4.69, 9.17) is 0 Å². The Morgan fingerprint density at radius 1 is 1.29 bits per heavy atom. The van der Waals surface area contributed by atoms with Gasteiger partial charge in [-0.3, -0.25) is 4.79 Å². The lowest BCUT2D eigenvalue weighted by atomic mass is 10.2. The zero-order valence-electron chi connectivity index (χ0n) is 8.95. The van der Waals surface area contributed by atoms with Gasteiger partial charge in [0.1, 0.15) is 11.5 Å². The highest BCUT2D eigenvalue weighted by atomic mass is 79.9. The molecule has 0 aliphatic rings. The minimum Gasteiger partial charge on any atom is -0.296 e. The van der Waals surface area contributed by atoms with E-state index < -0.39 is 0 Å². The van der Waals surface area contributed by atoms with Crippen molar-refractivity contribution in [3.8, 4) is 11.4 Å². The Bertz CT molecular complexity index is 587. The second-order valence-electron chi connectivity index (χ2n) is 3.50. The molecule has 0 saturated carbocycles. The number of aldehydes is 1. The van der Waals surface area contributed by atoms with Crippen LogP contribution in [0.2, 0.25) is 0 Å². The number of hydrogen-bond acceptors (Lipinski definition) is 3. The predicted octanol–water partition coefficient (Wildman–Crippen LogP) is 3.17. The number of nitrogens with zero attached hydrogens (tertiary/aromatic N) is 2. The monoisotopic (exact) mass is 294 g/mol. The van der Waals surface area contributed by atoms with Gasteiger partial charge >= 0.3 is 0 Å². The Kier molecular flexibility index (Phi) is 3.28. The van der Waals surface area contributed by atoms with Gasteiger partial charge in [0.05, 0.1) is 0 Å². The summed E-state index contributed by atoms with van der Waals surface area (Å²) in [6, 6.07) is 5.82. The van der Waals surface area contributed by atoms with Crippen molar-refractivity contribution in [3.63, 3.8) is 0 Å². The highest BCUT2D eigenvalue weighted by molar-refractivity contribution is 9.10. The minimum absolute atomic E-state index is 0.309. The molecule has 2 aromatic rings. The molecule has 86 valence electrons. The van der Waals surface area contributed by atoms with Gasteiger partial charge in [-0.05, 0) is 47.1 Å². The zero-order valence-corrected chi connectivity index (χ0v) is 10.5.